The summed E-state index contributed by atoms with van der Waals surface area (Å²) in [5.74, 6) is -0.359. The number of nitrogens with one attached hydrogen (secondary N) is 3. The fourth-order valence-electron chi connectivity index (χ4n) is 3.58. The van der Waals surface area contributed by atoms with Crippen LogP contribution in [0.5, 0.6) is 0 Å². The van der Waals surface area contributed by atoms with Crippen molar-refractivity contribution in [3.8, 4) is 0 Å². The van der Waals surface area contributed by atoms with Gasteiger partial charge < -0.3 is 20.9 Å². The molecule has 1 fully saturated rings. The fraction of sp³-hybridized carbons (Fsp3) is 0.316. The van der Waals surface area contributed by atoms with Crippen molar-refractivity contribution >= 4 is 28.0 Å². The number of aromatic nitrogens is 2. The number of halogens is 1. The van der Waals surface area contributed by atoms with Gasteiger partial charge in [0.15, 0.2) is 0 Å². The van der Waals surface area contributed by atoms with E-state index in [4.69, 9.17) is 0 Å². The highest BCUT2D eigenvalue weighted by Crippen LogP contribution is 2.27. The first-order valence-corrected chi connectivity index (χ1v) is 8.85. The Balaban J connectivity index is 1.43. The largest absolute Gasteiger partial charge is 0.761 e. The normalized spacial score (nSPS) is 17.9. The maximum atomic E-state index is 14.3. The summed E-state index contributed by atoms with van der Waals surface area (Å²) < 4.78 is 14.3. The van der Waals surface area contributed by atoms with Gasteiger partial charge in [-0.25, -0.2) is 4.39 Å². The molecule has 3 N–H and O–H groups in total. The number of benzene rings is 2. The average molecular weight is 354 g/mol. The summed E-state index contributed by atoms with van der Waals surface area (Å²) in [7, 11) is 0. The van der Waals surface area contributed by atoms with Gasteiger partial charge in [-0.3, -0.25) is 5.10 Å². The predicted molar refractivity (Wildman–Crippen MR) is 103 cm³/mol. The molecule has 1 saturated heterocycles. The molecule has 2 aromatic carbocycles. The molecule has 1 atom stereocenters. The van der Waals surface area contributed by atoms with Crippen LogP contribution >= 0.6 is 0 Å². The first-order chi connectivity index (χ1) is 12.7. The van der Waals surface area contributed by atoms with Gasteiger partial charge in [0.1, 0.15) is 5.82 Å². The highest BCUT2D eigenvalue weighted by Gasteiger charge is 2.19. The van der Waals surface area contributed by atoms with Crippen LogP contribution in [0.25, 0.3) is 10.9 Å². The quantitative estimate of drug-likeness (QED) is 0.615. The molecule has 4 rings (SSSR count). The molecule has 0 aliphatic carbocycles. The Bertz CT molecular complexity index is 897. The van der Waals surface area contributed by atoms with Crippen molar-refractivity contribution in [2.45, 2.75) is 25.3 Å². The van der Waals surface area contributed by atoms with Gasteiger partial charge in [-0.15, -0.1) is 0 Å². The van der Waals surface area contributed by atoms with E-state index in [-0.39, 0.29) is 11.5 Å². The smallest absolute Gasteiger partial charge is 0.148 e. The number of hydrogen-bond donors (Lipinski definition) is 3. The van der Waals surface area contributed by atoms with Crippen LogP contribution in [0.1, 0.15) is 19.3 Å². The lowest BCUT2D eigenvalue weighted by Crippen LogP contribution is -2.26. The third kappa shape index (κ3) is 3.43. The van der Waals surface area contributed by atoms with Crippen LogP contribution in [0.4, 0.5) is 21.5 Å². The Kier molecular flexibility index (Phi) is 4.62. The lowest BCUT2D eigenvalue weighted by atomic mass is 10.1. The molecule has 7 heteroatoms. The van der Waals surface area contributed by atoms with Crippen LogP contribution < -0.4 is 15.7 Å². The molecular weight excluding hydrogens is 333 g/mol. The number of rotatable bonds is 4. The summed E-state index contributed by atoms with van der Waals surface area (Å²) in [6.45, 7) is 1.58. The molecule has 0 saturated carbocycles. The molecule has 6 nitrogen and oxygen atoms in total. The summed E-state index contributed by atoms with van der Waals surface area (Å²) in [5, 5.41) is 22.3. The van der Waals surface area contributed by atoms with Crippen LogP contribution in [0.15, 0.2) is 42.6 Å². The average Bonchev–Trinajstić information content (AvgIpc) is 3.00. The summed E-state index contributed by atoms with van der Waals surface area (Å²) in [6.07, 6.45) is 4.75. The van der Waals surface area contributed by atoms with Gasteiger partial charge in [-0.1, -0.05) is 0 Å². The molecule has 1 unspecified atom stereocenters. The van der Waals surface area contributed by atoms with E-state index < -0.39 is 0 Å². The standard InChI is InChI=1S/C19H21FN5O/c20-17-11-16(24-26)4-6-19(17)25-8-1-2-14(7-9-25)22-15-3-5-18-13(10-15)12-21-23-18/h3-6,10-12,14,22,24H,1-2,7-9H2,(H,21,23)/q-1. The number of aromatic amines is 1. The third-order valence-electron chi connectivity index (χ3n) is 4.95. The summed E-state index contributed by atoms with van der Waals surface area (Å²) in [5.41, 5.74) is 4.64. The van der Waals surface area contributed by atoms with Crippen molar-refractivity contribution in [2.24, 2.45) is 0 Å². The fourth-order valence-corrected chi connectivity index (χ4v) is 3.58. The Labute approximate surface area is 151 Å². The lowest BCUT2D eigenvalue weighted by molar-refractivity contribution is 0.616. The van der Waals surface area contributed by atoms with E-state index in [9.17, 15) is 9.60 Å². The maximum Gasteiger partial charge on any atom is 0.148 e. The highest BCUT2D eigenvalue weighted by atomic mass is 19.1. The topological polar surface area (TPSA) is 79.0 Å². The van der Waals surface area contributed by atoms with Gasteiger partial charge in [0.2, 0.25) is 0 Å². The molecule has 0 amide bonds. The van der Waals surface area contributed by atoms with Crippen LogP contribution in [0.3, 0.4) is 0 Å². The number of nitrogens with zero attached hydrogens (tertiary/aromatic N) is 2. The monoisotopic (exact) mass is 354 g/mol. The van der Waals surface area contributed by atoms with Gasteiger partial charge in [-0.2, -0.15) is 5.10 Å². The maximum absolute atomic E-state index is 14.3. The number of hydrogen-bond acceptors (Lipinski definition) is 5. The number of fused-ring (bicyclic) bond motifs is 1. The van der Waals surface area contributed by atoms with Crippen molar-refractivity contribution < 1.29 is 4.39 Å². The molecule has 26 heavy (non-hydrogen) atoms. The molecule has 0 bridgehead atoms. The zero-order chi connectivity index (χ0) is 17.9. The van der Waals surface area contributed by atoms with E-state index in [1.165, 1.54) is 6.07 Å². The van der Waals surface area contributed by atoms with Crippen molar-refractivity contribution in [2.75, 3.05) is 28.8 Å². The van der Waals surface area contributed by atoms with Crippen molar-refractivity contribution in [1.29, 1.82) is 0 Å². The van der Waals surface area contributed by atoms with Crippen molar-refractivity contribution in [3.63, 3.8) is 0 Å². The summed E-state index contributed by atoms with van der Waals surface area (Å²) in [4.78, 5) is 2.06. The van der Waals surface area contributed by atoms with Gasteiger partial charge >= 0.3 is 0 Å². The van der Waals surface area contributed by atoms with Gasteiger partial charge in [0.25, 0.3) is 0 Å². The van der Waals surface area contributed by atoms with E-state index in [1.54, 1.807) is 17.6 Å². The van der Waals surface area contributed by atoms with E-state index in [0.29, 0.717) is 11.7 Å². The lowest BCUT2D eigenvalue weighted by Gasteiger charge is -2.24. The Morgan fingerprint density at radius 1 is 1.12 bits per heavy atom. The molecule has 1 aliphatic rings. The zero-order valence-electron chi connectivity index (χ0n) is 14.3. The molecule has 1 aliphatic heterocycles. The molecule has 1 aromatic heterocycles. The van der Waals surface area contributed by atoms with Crippen LogP contribution in [0, 0.1) is 11.0 Å². The second-order valence-corrected chi connectivity index (χ2v) is 6.70. The molecular formula is C19H21FN5O-. The second-order valence-electron chi connectivity index (χ2n) is 6.70. The Morgan fingerprint density at radius 3 is 2.85 bits per heavy atom. The molecule has 136 valence electrons. The van der Waals surface area contributed by atoms with Crippen LogP contribution in [-0.2, 0) is 0 Å². The van der Waals surface area contributed by atoms with Crippen molar-refractivity contribution in [1.82, 2.24) is 10.2 Å². The van der Waals surface area contributed by atoms with Gasteiger partial charge in [0.05, 0.1) is 17.4 Å². The summed E-state index contributed by atoms with van der Waals surface area (Å²) >= 11 is 0. The minimum absolute atomic E-state index is 0.246. The first-order valence-electron chi connectivity index (χ1n) is 8.85. The predicted octanol–water partition coefficient (Wildman–Crippen LogP) is 4.08. The minimum atomic E-state index is -0.359. The Hall–Kier alpha value is -2.80. The number of anilines is 3. The van der Waals surface area contributed by atoms with E-state index in [1.807, 2.05) is 12.3 Å². The van der Waals surface area contributed by atoms with Gasteiger partial charge in [0, 0.05) is 35.9 Å². The van der Waals surface area contributed by atoms with Crippen LogP contribution in [-0.4, -0.2) is 29.3 Å². The summed E-state index contributed by atoms with van der Waals surface area (Å²) in [6, 6.07) is 11.1. The minimum Gasteiger partial charge on any atom is -0.761 e. The van der Waals surface area contributed by atoms with Crippen LogP contribution in [0.2, 0.25) is 0 Å². The van der Waals surface area contributed by atoms with Gasteiger partial charge in [-0.05, 0) is 55.7 Å². The zero-order valence-corrected chi connectivity index (χ0v) is 14.3. The van der Waals surface area contributed by atoms with E-state index in [0.717, 1.165) is 48.9 Å². The highest BCUT2D eigenvalue weighted by molar-refractivity contribution is 5.81. The van der Waals surface area contributed by atoms with E-state index in [2.05, 4.69) is 32.5 Å². The SMILES string of the molecule is [O-]Nc1ccc(N2CCCC(Nc3ccc4[nH]ncc4c3)CC2)c(F)c1. The molecule has 0 spiro atoms. The molecule has 2 heterocycles. The third-order valence-corrected chi connectivity index (χ3v) is 4.95. The molecule has 0 radical (unpaired) electrons. The van der Waals surface area contributed by atoms with E-state index >= 15 is 0 Å². The first kappa shape index (κ1) is 16.7. The Morgan fingerprint density at radius 2 is 2.00 bits per heavy atom. The second kappa shape index (κ2) is 7.21. The molecule has 3 aromatic rings. The number of H-pyrrole nitrogens is 1. The van der Waals surface area contributed by atoms with Crippen molar-refractivity contribution in [3.05, 3.63) is 53.6 Å².